The number of benzene rings is 1. The van der Waals surface area contributed by atoms with E-state index in [1.165, 1.54) is 0 Å². The van der Waals surface area contributed by atoms with Gasteiger partial charge in [-0.15, -0.1) is 0 Å². The highest BCUT2D eigenvalue weighted by molar-refractivity contribution is 5.64. The molecule has 1 aliphatic rings. The van der Waals surface area contributed by atoms with Gasteiger partial charge in [0.15, 0.2) is 11.5 Å². The molecule has 0 spiro atoms. The van der Waals surface area contributed by atoms with Crippen LogP contribution < -0.4 is 14.2 Å². The number of fused-ring (bicyclic) bond motifs is 1. The first-order chi connectivity index (χ1) is 8.35. The monoisotopic (exact) mass is 236 g/mol. The van der Waals surface area contributed by atoms with Gasteiger partial charge in [0.25, 0.3) is 0 Å². The smallest absolute Gasteiger partial charge is 0.164 e. The summed E-state index contributed by atoms with van der Waals surface area (Å²) in [5.41, 5.74) is 0.989. The number of hydrogen-bond donors (Lipinski definition) is 1. The van der Waals surface area contributed by atoms with Crippen LogP contribution in [0, 0.1) is 0 Å². The first-order valence-corrected chi connectivity index (χ1v) is 5.60. The molecule has 0 radical (unpaired) electrons. The molecule has 0 bridgehead atoms. The lowest BCUT2D eigenvalue weighted by molar-refractivity contribution is 0.227. The summed E-state index contributed by atoms with van der Waals surface area (Å²) in [4.78, 5) is 0. The van der Waals surface area contributed by atoms with Crippen LogP contribution in [0.1, 0.15) is 12.0 Å². The molecular formula is C13H16O4. The number of hydrogen-bond acceptors (Lipinski definition) is 4. The maximum absolute atomic E-state index is 8.72. The predicted octanol–water partition coefficient (Wildman–Crippen LogP) is 1.86. The van der Waals surface area contributed by atoms with Crippen LogP contribution in [-0.2, 0) is 0 Å². The Balaban J connectivity index is 2.21. The molecule has 92 valence electrons. The zero-order valence-electron chi connectivity index (χ0n) is 9.81. The Hall–Kier alpha value is -1.68. The van der Waals surface area contributed by atoms with Crippen LogP contribution in [0.5, 0.6) is 17.2 Å². The Kier molecular flexibility index (Phi) is 3.88. The van der Waals surface area contributed by atoms with Crippen molar-refractivity contribution in [3.8, 4) is 17.2 Å². The van der Waals surface area contributed by atoms with Crippen molar-refractivity contribution < 1.29 is 19.3 Å². The average molecular weight is 236 g/mol. The van der Waals surface area contributed by atoms with Crippen molar-refractivity contribution in [2.24, 2.45) is 0 Å². The van der Waals surface area contributed by atoms with E-state index in [2.05, 4.69) is 0 Å². The fourth-order valence-electron chi connectivity index (χ4n) is 1.64. The van der Waals surface area contributed by atoms with Crippen LogP contribution in [-0.4, -0.2) is 32.0 Å². The first kappa shape index (κ1) is 11.8. The number of aliphatic hydroxyl groups excluding tert-OH is 1. The lowest BCUT2D eigenvalue weighted by atomic mass is 10.1. The SMILES string of the molecule is COc1cc2c(cc1OCCCO)OCC=C2. The summed E-state index contributed by atoms with van der Waals surface area (Å²) in [6.45, 7) is 1.16. The van der Waals surface area contributed by atoms with Gasteiger partial charge in [0.2, 0.25) is 0 Å². The molecule has 0 amide bonds. The van der Waals surface area contributed by atoms with Crippen LogP contribution in [0.2, 0.25) is 0 Å². The fraction of sp³-hybridized carbons (Fsp3) is 0.385. The largest absolute Gasteiger partial charge is 0.493 e. The van der Waals surface area contributed by atoms with E-state index in [1.807, 2.05) is 24.3 Å². The lowest BCUT2D eigenvalue weighted by Gasteiger charge is -2.17. The van der Waals surface area contributed by atoms with Crippen molar-refractivity contribution in [1.29, 1.82) is 0 Å². The van der Waals surface area contributed by atoms with Gasteiger partial charge in [0, 0.05) is 24.7 Å². The van der Waals surface area contributed by atoms with Gasteiger partial charge in [-0.1, -0.05) is 6.08 Å². The number of aliphatic hydroxyl groups is 1. The third kappa shape index (κ3) is 2.71. The second-order valence-electron chi connectivity index (χ2n) is 3.68. The number of methoxy groups -OCH3 is 1. The minimum absolute atomic E-state index is 0.118. The Bertz CT molecular complexity index is 412. The zero-order valence-corrected chi connectivity index (χ0v) is 9.81. The van der Waals surface area contributed by atoms with E-state index >= 15 is 0 Å². The van der Waals surface area contributed by atoms with E-state index in [0.717, 1.165) is 11.3 Å². The summed E-state index contributed by atoms with van der Waals surface area (Å²) in [5, 5.41) is 8.72. The van der Waals surface area contributed by atoms with E-state index in [1.54, 1.807) is 7.11 Å². The van der Waals surface area contributed by atoms with E-state index in [-0.39, 0.29) is 6.61 Å². The molecule has 1 aliphatic heterocycles. The molecule has 0 atom stereocenters. The highest BCUT2D eigenvalue weighted by Crippen LogP contribution is 2.36. The Morgan fingerprint density at radius 3 is 3.00 bits per heavy atom. The zero-order chi connectivity index (χ0) is 12.1. The Morgan fingerprint density at radius 2 is 2.24 bits per heavy atom. The predicted molar refractivity (Wildman–Crippen MR) is 64.7 cm³/mol. The van der Waals surface area contributed by atoms with Gasteiger partial charge < -0.3 is 19.3 Å². The standard InChI is InChI=1S/C13H16O4/c1-15-12-8-10-4-2-6-16-11(10)9-13(12)17-7-3-5-14/h2,4,8-9,14H,3,5-7H2,1H3. The molecule has 1 aromatic rings. The van der Waals surface area contributed by atoms with Crippen LogP contribution in [0.3, 0.4) is 0 Å². The third-order valence-corrected chi connectivity index (χ3v) is 2.49. The maximum atomic E-state index is 8.72. The van der Waals surface area contributed by atoms with Crippen molar-refractivity contribution in [3.05, 3.63) is 23.8 Å². The van der Waals surface area contributed by atoms with Crippen molar-refractivity contribution in [2.45, 2.75) is 6.42 Å². The van der Waals surface area contributed by atoms with Gasteiger partial charge in [-0.25, -0.2) is 0 Å². The molecule has 0 fully saturated rings. The van der Waals surface area contributed by atoms with Crippen LogP contribution >= 0.6 is 0 Å². The summed E-state index contributed by atoms with van der Waals surface area (Å²) in [7, 11) is 1.61. The van der Waals surface area contributed by atoms with Crippen molar-refractivity contribution in [1.82, 2.24) is 0 Å². The molecule has 4 heteroatoms. The van der Waals surface area contributed by atoms with Gasteiger partial charge in [-0.2, -0.15) is 0 Å². The molecule has 1 aromatic carbocycles. The molecule has 1 heterocycles. The van der Waals surface area contributed by atoms with Crippen LogP contribution in [0.15, 0.2) is 18.2 Å². The van der Waals surface area contributed by atoms with E-state index in [4.69, 9.17) is 19.3 Å². The summed E-state index contributed by atoms with van der Waals surface area (Å²) in [6.07, 6.45) is 4.55. The highest BCUT2D eigenvalue weighted by atomic mass is 16.5. The van der Waals surface area contributed by atoms with Gasteiger partial charge in [-0.3, -0.25) is 0 Å². The minimum Gasteiger partial charge on any atom is -0.493 e. The van der Waals surface area contributed by atoms with Crippen molar-refractivity contribution in [2.75, 3.05) is 26.9 Å². The van der Waals surface area contributed by atoms with Crippen molar-refractivity contribution in [3.63, 3.8) is 0 Å². The molecule has 0 aromatic heterocycles. The number of ether oxygens (including phenoxy) is 3. The quantitative estimate of drug-likeness (QED) is 0.793. The van der Waals surface area contributed by atoms with Crippen LogP contribution in [0.25, 0.3) is 6.08 Å². The van der Waals surface area contributed by atoms with Crippen molar-refractivity contribution >= 4 is 6.08 Å². The molecular weight excluding hydrogens is 220 g/mol. The highest BCUT2D eigenvalue weighted by Gasteiger charge is 2.13. The van der Waals surface area contributed by atoms with E-state index in [0.29, 0.717) is 31.1 Å². The average Bonchev–Trinajstić information content (AvgIpc) is 2.38. The third-order valence-electron chi connectivity index (χ3n) is 2.49. The van der Waals surface area contributed by atoms with Crippen LogP contribution in [0.4, 0.5) is 0 Å². The molecule has 17 heavy (non-hydrogen) atoms. The normalized spacial score (nSPS) is 12.8. The lowest BCUT2D eigenvalue weighted by Crippen LogP contribution is -2.04. The summed E-state index contributed by atoms with van der Waals surface area (Å²) < 4.78 is 16.3. The van der Waals surface area contributed by atoms with Gasteiger partial charge >= 0.3 is 0 Å². The molecule has 0 saturated heterocycles. The molecule has 0 saturated carbocycles. The molecule has 0 aliphatic carbocycles. The molecule has 1 N–H and O–H groups in total. The maximum Gasteiger partial charge on any atom is 0.164 e. The van der Waals surface area contributed by atoms with Gasteiger partial charge in [0.1, 0.15) is 12.4 Å². The summed E-state index contributed by atoms with van der Waals surface area (Å²) in [5.74, 6) is 2.12. The summed E-state index contributed by atoms with van der Waals surface area (Å²) >= 11 is 0. The van der Waals surface area contributed by atoms with Gasteiger partial charge in [-0.05, 0) is 12.1 Å². The van der Waals surface area contributed by atoms with E-state index < -0.39 is 0 Å². The van der Waals surface area contributed by atoms with Gasteiger partial charge in [0.05, 0.1) is 13.7 Å². The molecule has 4 nitrogen and oxygen atoms in total. The fourth-order valence-corrected chi connectivity index (χ4v) is 1.64. The summed E-state index contributed by atoms with van der Waals surface area (Å²) in [6, 6.07) is 3.72. The molecule has 2 rings (SSSR count). The Morgan fingerprint density at radius 1 is 1.35 bits per heavy atom. The first-order valence-electron chi connectivity index (χ1n) is 5.60. The topological polar surface area (TPSA) is 47.9 Å². The number of rotatable bonds is 5. The van der Waals surface area contributed by atoms with E-state index in [9.17, 15) is 0 Å². The minimum atomic E-state index is 0.118. The molecule has 0 unspecified atom stereocenters. The Labute approximate surface area is 100 Å². The second kappa shape index (κ2) is 5.59. The second-order valence-corrected chi connectivity index (χ2v) is 3.68.